The maximum atomic E-state index is 10.6. The fourth-order valence-corrected chi connectivity index (χ4v) is 5.56. The molecule has 16 heavy (non-hydrogen) atoms. The van der Waals surface area contributed by atoms with Crippen LogP contribution in [0, 0.1) is 22.7 Å². The molecule has 0 aromatic rings. The van der Waals surface area contributed by atoms with Crippen LogP contribution in [0.5, 0.6) is 0 Å². The molecular formula is C15H24O. The molecule has 2 fully saturated rings. The minimum Gasteiger partial charge on any atom is -0.388 e. The van der Waals surface area contributed by atoms with Gasteiger partial charge in [0.05, 0.1) is 6.10 Å². The van der Waals surface area contributed by atoms with E-state index in [1.165, 1.54) is 36.8 Å². The monoisotopic (exact) mass is 220 g/mol. The third-order valence-electron chi connectivity index (χ3n) is 6.58. The Morgan fingerprint density at radius 1 is 1.19 bits per heavy atom. The van der Waals surface area contributed by atoms with Gasteiger partial charge < -0.3 is 5.11 Å². The SMILES string of the molecule is CC1=C(C)[C@]23CC[C@H](C)[C@H]2CC[C@]3(C)[C@H]1O. The van der Waals surface area contributed by atoms with Gasteiger partial charge in [-0.1, -0.05) is 19.4 Å². The van der Waals surface area contributed by atoms with E-state index < -0.39 is 0 Å². The van der Waals surface area contributed by atoms with Gasteiger partial charge in [-0.3, -0.25) is 0 Å². The Morgan fingerprint density at radius 3 is 2.56 bits per heavy atom. The summed E-state index contributed by atoms with van der Waals surface area (Å²) in [5.74, 6) is 1.69. The molecule has 1 N–H and O–H groups in total. The first kappa shape index (κ1) is 10.8. The lowest BCUT2D eigenvalue weighted by atomic mass is 9.62. The van der Waals surface area contributed by atoms with E-state index >= 15 is 0 Å². The van der Waals surface area contributed by atoms with Gasteiger partial charge in [0.1, 0.15) is 0 Å². The Labute approximate surface area is 98.9 Å². The first-order chi connectivity index (χ1) is 7.45. The van der Waals surface area contributed by atoms with Gasteiger partial charge in [0.15, 0.2) is 0 Å². The second-order valence-corrected chi connectivity index (χ2v) is 6.76. The fraction of sp³-hybridized carbons (Fsp3) is 0.867. The molecule has 1 nitrogen and oxygen atoms in total. The minimum atomic E-state index is -0.178. The molecule has 0 bridgehead atoms. The average molecular weight is 220 g/mol. The minimum absolute atomic E-state index is 0.149. The van der Waals surface area contributed by atoms with Crippen molar-refractivity contribution in [3.05, 3.63) is 11.1 Å². The summed E-state index contributed by atoms with van der Waals surface area (Å²) in [6, 6.07) is 0. The number of aliphatic hydroxyl groups excluding tert-OH is 1. The first-order valence-corrected chi connectivity index (χ1v) is 6.81. The molecular weight excluding hydrogens is 196 g/mol. The van der Waals surface area contributed by atoms with Crippen LogP contribution in [0.25, 0.3) is 0 Å². The van der Waals surface area contributed by atoms with E-state index in [0.717, 1.165) is 11.8 Å². The van der Waals surface area contributed by atoms with Gasteiger partial charge in [-0.2, -0.15) is 0 Å². The van der Waals surface area contributed by atoms with Crippen molar-refractivity contribution in [2.75, 3.05) is 0 Å². The summed E-state index contributed by atoms with van der Waals surface area (Å²) >= 11 is 0. The lowest BCUT2D eigenvalue weighted by Crippen LogP contribution is -2.40. The van der Waals surface area contributed by atoms with Gasteiger partial charge in [0.25, 0.3) is 0 Å². The van der Waals surface area contributed by atoms with Gasteiger partial charge in [-0.15, -0.1) is 0 Å². The summed E-state index contributed by atoms with van der Waals surface area (Å²) in [6.07, 6.45) is 5.05. The van der Waals surface area contributed by atoms with Crippen LogP contribution >= 0.6 is 0 Å². The Kier molecular flexibility index (Phi) is 1.98. The molecule has 1 spiro atoms. The van der Waals surface area contributed by atoms with E-state index in [-0.39, 0.29) is 11.5 Å². The largest absolute Gasteiger partial charge is 0.388 e. The molecule has 3 rings (SSSR count). The molecule has 3 aliphatic rings. The highest BCUT2D eigenvalue weighted by Crippen LogP contribution is 2.73. The summed E-state index contributed by atoms with van der Waals surface area (Å²) in [4.78, 5) is 0. The number of hydrogen-bond donors (Lipinski definition) is 1. The zero-order chi connectivity index (χ0) is 11.7. The van der Waals surface area contributed by atoms with E-state index in [9.17, 15) is 5.11 Å². The Morgan fingerprint density at radius 2 is 1.88 bits per heavy atom. The van der Waals surface area contributed by atoms with Crippen molar-refractivity contribution in [2.45, 2.75) is 59.5 Å². The normalized spacial score (nSPS) is 55.7. The first-order valence-electron chi connectivity index (χ1n) is 6.81. The number of rotatable bonds is 0. The second kappa shape index (κ2) is 2.93. The van der Waals surface area contributed by atoms with Crippen LogP contribution in [0.15, 0.2) is 11.1 Å². The van der Waals surface area contributed by atoms with E-state index in [1.807, 2.05) is 0 Å². The molecule has 0 heterocycles. The summed E-state index contributed by atoms with van der Waals surface area (Å²) < 4.78 is 0. The molecule has 0 aromatic heterocycles. The summed E-state index contributed by atoms with van der Waals surface area (Å²) in [7, 11) is 0. The van der Waals surface area contributed by atoms with Crippen LogP contribution in [0.3, 0.4) is 0 Å². The van der Waals surface area contributed by atoms with Crippen molar-refractivity contribution < 1.29 is 5.11 Å². The molecule has 90 valence electrons. The molecule has 0 unspecified atom stereocenters. The molecule has 3 aliphatic carbocycles. The highest BCUT2D eigenvalue weighted by atomic mass is 16.3. The molecule has 0 amide bonds. The van der Waals surface area contributed by atoms with Crippen molar-refractivity contribution in [3.8, 4) is 0 Å². The lowest BCUT2D eigenvalue weighted by Gasteiger charge is -2.42. The van der Waals surface area contributed by atoms with Crippen molar-refractivity contribution in [1.82, 2.24) is 0 Å². The third-order valence-corrected chi connectivity index (χ3v) is 6.58. The maximum absolute atomic E-state index is 10.6. The quantitative estimate of drug-likeness (QED) is 0.619. The van der Waals surface area contributed by atoms with Crippen molar-refractivity contribution >= 4 is 0 Å². The van der Waals surface area contributed by atoms with Crippen LogP contribution in [-0.4, -0.2) is 11.2 Å². The smallest absolute Gasteiger partial charge is 0.0812 e. The molecule has 2 saturated carbocycles. The Balaban J connectivity index is 2.18. The molecule has 1 heteroatoms. The molecule has 0 aromatic carbocycles. The molecule has 5 atom stereocenters. The zero-order valence-electron chi connectivity index (χ0n) is 11.0. The van der Waals surface area contributed by atoms with Crippen LogP contribution in [0.1, 0.15) is 53.4 Å². The van der Waals surface area contributed by atoms with E-state index in [0.29, 0.717) is 5.41 Å². The predicted molar refractivity (Wildman–Crippen MR) is 66.0 cm³/mol. The zero-order valence-corrected chi connectivity index (χ0v) is 11.0. The van der Waals surface area contributed by atoms with Crippen LogP contribution in [0.4, 0.5) is 0 Å². The van der Waals surface area contributed by atoms with Gasteiger partial charge in [0.2, 0.25) is 0 Å². The van der Waals surface area contributed by atoms with Gasteiger partial charge in [0, 0.05) is 10.8 Å². The Hall–Kier alpha value is -0.300. The van der Waals surface area contributed by atoms with E-state index in [2.05, 4.69) is 27.7 Å². The third kappa shape index (κ3) is 0.860. The van der Waals surface area contributed by atoms with Crippen molar-refractivity contribution in [2.24, 2.45) is 22.7 Å². The van der Waals surface area contributed by atoms with Crippen LogP contribution in [0.2, 0.25) is 0 Å². The topological polar surface area (TPSA) is 20.2 Å². The summed E-state index contributed by atoms with van der Waals surface area (Å²) in [5, 5.41) is 10.6. The van der Waals surface area contributed by atoms with Crippen molar-refractivity contribution in [3.63, 3.8) is 0 Å². The molecule has 0 saturated heterocycles. The average Bonchev–Trinajstić information content (AvgIpc) is 2.79. The number of hydrogen-bond acceptors (Lipinski definition) is 1. The van der Waals surface area contributed by atoms with Crippen LogP contribution in [-0.2, 0) is 0 Å². The van der Waals surface area contributed by atoms with E-state index in [1.54, 1.807) is 0 Å². The number of allylic oxidation sites excluding steroid dienone is 1. The fourth-order valence-electron chi connectivity index (χ4n) is 5.56. The lowest BCUT2D eigenvalue weighted by molar-refractivity contribution is 0.00924. The summed E-state index contributed by atoms with van der Waals surface area (Å²) in [5.41, 5.74) is 3.32. The van der Waals surface area contributed by atoms with Gasteiger partial charge >= 0.3 is 0 Å². The summed E-state index contributed by atoms with van der Waals surface area (Å²) in [6.45, 7) is 9.20. The predicted octanol–water partition coefficient (Wildman–Crippen LogP) is 3.53. The van der Waals surface area contributed by atoms with Crippen molar-refractivity contribution in [1.29, 1.82) is 0 Å². The molecule has 0 radical (unpaired) electrons. The van der Waals surface area contributed by atoms with E-state index in [4.69, 9.17) is 0 Å². The second-order valence-electron chi connectivity index (χ2n) is 6.76. The standard InChI is InChI=1S/C15H24O/c1-9-5-8-15-11(3)10(2)13(16)14(15,4)7-6-12(9)15/h9,12-13,16H,5-8H2,1-4H3/t9-,12+,13-,14+,15+/m0/s1. The maximum Gasteiger partial charge on any atom is 0.0812 e. The Bertz CT molecular complexity index is 370. The number of aliphatic hydroxyl groups is 1. The highest BCUT2D eigenvalue weighted by Gasteiger charge is 2.67. The highest BCUT2D eigenvalue weighted by molar-refractivity contribution is 5.39. The van der Waals surface area contributed by atoms with Crippen LogP contribution < -0.4 is 0 Å². The van der Waals surface area contributed by atoms with Gasteiger partial charge in [-0.25, -0.2) is 0 Å². The van der Waals surface area contributed by atoms with Gasteiger partial charge in [-0.05, 0) is 56.9 Å². The molecule has 0 aliphatic heterocycles.